The van der Waals surface area contributed by atoms with Crippen molar-refractivity contribution in [3.63, 3.8) is 0 Å². The third-order valence-electron chi connectivity index (χ3n) is 4.39. The maximum atomic E-state index is 13.2. The predicted molar refractivity (Wildman–Crippen MR) is 105 cm³/mol. The number of hydrogen-bond donors (Lipinski definition) is 1. The molecule has 0 aliphatic carbocycles. The predicted octanol–water partition coefficient (Wildman–Crippen LogP) is 4.45. The van der Waals surface area contributed by atoms with Crippen LogP contribution in [0, 0.1) is 19.7 Å². The number of rotatable bonds is 3. The monoisotopic (exact) mass is 395 g/mol. The first-order chi connectivity index (χ1) is 13.4. The van der Waals surface area contributed by atoms with Gasteiger partial charge in [0.05, 0.1) is 17.0 Å². The summed E-state index contributed by atoms with van der Waals surface area (Å²) in [4.78, 5) is 12.6. The number of aryl methyl sites for hydroxylation is 2. The van der Waals surface area contributed by atoms with E-state index in [0.717, 1.165) is 11.1 Å². The fourth-order valence-corrected chi connectivity index (χ4v) is 3.13. The molecule has 2 heterocycles. The number of anilines is 1. The van der Waals surface area contributed by atoms with Crippen molar-refractivity contribution in [1.82, 2.24) is 19.8 Å². The van der Waals surface area contributed by atoms with Gasteiger partial charge in [-0.25, -0.2) is 8.91 Å². The Labute approximate surface area is 165 Å². The van der Waals surface area contributed by atoms with Crippen LogP contribution in [0.25, 0.3) is 16.8 Å². The molecule has 0 saturated heterocycles. The minimum Gasteiger partial charge on any atom is -0.321 e. The van der Waals surface area contributed by atoms with Crippen LogP contribution in [-0.2, 0) is 0 Å². The lowest BCUT2D eigenvalue weighted by Gasteiger charge is -2.08. The molecule has 8 heteroatoms. The molecule has 0 bridgehead atoms. The molecule has 140 valence electrons. The molecule has 0 atom stereocenters. The fourth-order valence-electron chi connectivity index (χ4n) is 3.00. The van der Waals surface area contributed by atoms with Crippen molar-refractivity contribution in [2.75, 3.05) is 5.32 Å². The number of nitrogens with zero attached hydrogens (tertiary/aromatic N) is 4. The van der Waals surface area contributed by atoms with E-state index in [1.54, 1.807) is 47.8 Å². The number of halogens is 2. The molecule has 4 aromatic rings. The second kappa shape index (κ2) is 7.01. The van der Waals surface area contributed by atoms with Crippen LogP contribution >= 0.6 is 11.6 Å². The highest BCUT2D eigenvalue weighted by molar-refractivity contribution is 6.30. The van der Waals surface area contributed by atoms with E-state index in [4.69, 9.17) is 11.6 Å². The maximum absolute atomic E-state index is 13.2. The lowest BCUT2D eigenvalue weighted by atomic mass is 10.1. The van der Waals surface area contributed by atoms with Gasteiger partial charge in [-0.05, 0) is 55.8 Å². The van der Waals surface area contributed by atoms with Gasteiger partial charge in [-0.15, -0.1) is 10.2 Å². The Kier molecular flexibility index (Phi) is 4.52. The van der Waals surface area contributed by atoms with Crippen molar-refractivity contribution < 1.29 is 9.18 Å². The Balaban J connectivity index is 1.74. The smallest absolute Gasteiger partial charge is 0.278 e. The average Bonchev–Trinajstić information content (AvgIpc) is 3.01. The second-order valence-corrected chi connectivity index (χ2v) is 6.73. The van der Waals surface area contributed by atoms with Crippen molar-refractivity contribution in [2.24, 2.45) is 0 Å². The number of fused-ring (bicyclic) bond motifs is 1. The molecule has 4 rings (SSSR count). The molecule has 2 aromatic heterocycles. The van der Waals surface area contributed by atoms with E-state index in [0.29, 0.717) is 27.7 Å². The van der Waals surface area contributed by atoms with Crippen LogP contribution in [0.2, 0.25) is 5.02 Å². The fraction of sp³-hybridized carbons (Fsp3) is 0.100. The second-order valence-electron chi connectivity index (χ2n) is 6.30. The zero-order chi connectivity index (χ0) is 19.8. The quantitative estimate of drug-likeness (QED) is 0.556. The summed E-state index contributed by atoms with van der Waals surface area (Å²) >= 11 is 5.86. The number of carbonyl (C=O) groups is 1. The van der Waals surface area contributed by atoms with E-state index in [9.17, 15) is 9.18 Å². The lowest BCUT2D eigenvalue weighted by molar-refractivity contribution is 0.102. The minimum atomic E-state index is -0.397. The van der Waals surface area contributed by atoms with Crippen molar-refractivity contribution in [3.05, 3.63) is 76.5 Å². The molecule has 6 nitrogen and oxygen atoms in total. The molecule has 0 aliphatic heterocycles. The van der Waals surface area contributed by atoms with E-state index in [1.165, 1.54) is 12.1 Å². The first-order valence-electron chi connectivity index (χ1n) is 8.49. The van der Waals surface area contributed by atoms with Crippen molar-refractivity contribution in [3.8, 4) is 11.1 Å². The van der Waals surface area contributed by atoms with Gasteiger partial charge in [0.1, 0.15) is 5.82 Å². The molecule has 1 N–H and O–H groups in total. The number of aromatic nitrogens is 4. The van der Waals surface area contributed by atoms with Crippen LogP contribution < -0.4 is 5.32 Å². The summed E-state index contributed by atoms with van der Waals surface area (Å²) in [5.41, 5.74) is 4.05. The molecule has 1 amide bonds. The van der Waals surface area contributed by atoms with Gasteiger partial charge in [0.15, 0.2) is 11.3 Å². The summed E-state index contributed by atoms with van der Waals surface area (Å²) in [6.07, 6.45) is 0. The summed E-state index contributed by atoms with van der Waals surface area (Å²) in [6, 6.07) is 12.9. The Bertz CT molecular complexity index is 1190. The SMILES string of the molecule is Cc1nn2c(C)c(C(=O)Nc3ccc(Cl)cc3)nnc2c1-c1ccc(F)cc1. The largest absolute Gasteiger partial charge is 0.321 e. The summed E-state index contributed by atoms with van der Waals surface area (Å²) in [7, 11) is 0. The Morgan fingerprint density at radius 1 is 1.04 bits per heavy atom. The summed E-state index contributed by atoms with van der Waals surface area (Å²) in [5, 5.41) is 16.2. The van der Waals surface area contributed by atoms with Crippen LogP contribution in [0.5, 0.6) is 0 Å². The number of hydrogen-bond acceptors (Lipinski definition) is 4. The van der Waals surface area contributed by atoms with Gasteiger partial charge in [-0.3, -0.25) is 4.79 Å². The Morgan fingerprint density at radius 2 is 1.71 bits per heavy atom. The highest BCUT2D eigenvalue weighted by atomic mass is 35.5. The number of amides is 1. The van der Waals surface area contributed by atoms with E-state index in [2.05, 4.69) is 20.6 Å². The number of nitrogens with one attached hydrogen (secondary N) is 1. The molecule has 0 fully saturated rings. The molecular weight excluding hydrogens is 381 g/mol. The van der Waals surface area contributed by atoms with Crippen LogP contribution in [0.3, 0.4) is 0 Å². The third kappa shape index (κ3) is 3.20. The van der Waals surface area contributed by atoms with Gasteiger partial charge in [-0.1, -0.05) is 23.7 Å². The van der Waals surface area contributed by atoms with E-state index >= 15 is 0 Å². The Morgan fingerprint density at radius 3 is 2.39 bits per heavy atom. The minimum absolute atomic E-state index is 0.163. The van der Waals surface area contributed by atoms with Gasteiger partial charge < -0.3 is 5.32 Å². The Hall–Kier alpha value is -3.32. The summed E-state index contributed by atoms with van der Waals surface area (Å²) < 4.78 is 14.8. The van der Waals surface area contributed by atoms with Crippen LogP contribution in [0.4, 0.5) is 10.1 Å². The van der Waals surface area contributed by atoms with Crippen molar-refractivity contribution in [1.29, 1.82) is 0 Å². The van der Waals surface area contributed by atoms with Gasteiger partial charge >= 0.3 is 0 Å². The molecule has 0 unspecified atom stereocenters. The van der Waals surface area contributed by atoms with Crippen LogP contribution in [-0.4, -0.2) is 25.7 Å². The lowest BCUT2D eigenvalue weighted by Crippen LogP contribution is -2.18. The highest BCUT2D eigenvalue weighted by Gasteiger charge is 2.20. The molecule has 2 aromatic carbocycles. The number of benzene rings is 2. The summed E-state index contributed by atoms with van der Waals surface area (Å²) in [5.74, 6) is -0.716. The summed E-state index contributed by atoms with van der Waals surface area (Å²) in [6.45, 7) is 3.58. The highest BCUT2D eigenvalue weighted by Crippen LogP contribution is 2.28. The average molecular weight is 396 g/mol. The van der Waals surface area contributed by atoms with Gasteiger partial charge in [0.2, 0.25) is 0 Å². The zero-order valence-corrected chi connectivity index (χ0v) is 15.8. The van der Waals surface area contributed by atoms with Crippen LogP contribution in [0.15, 0.2) is 48.5 Å². The standard InChI is InChI=1S/C20H15ClFN5O/c1-11-17(13-3-7-15(22)8-4-13)19-25-24-18(12(2)27(19)26-11)20(28)23-16-9-5-14(21)6-10-16/h3-10H,1-2H3,(H,23,28). The molecule has 0 spiro atoms. The topological polar surface area (TPSA) is 72.2 Å². The molecule has 0 aliphatic rings. The molecule has 0 saturated carbocycles. The van der Waals surface area contributed by atoms with E-state index < -0.39 is 5.91 Å². The van der Waals surface area contributed by atoms with Gasteiger partial charge in [0.25, 0.3) is 5.91 Å². The first-order valence-corrected chi connectivity index (χ1v) is 8.87. The normalized spacial score (nSPS) is 11.0. The van der Waals surface area contributed by atoms with Gasteiger partial charge in [-0.2, -0.15) is 5.10 Å². The van der Waals surface area contributed by atoms with Crippen LogP contribution in [0.1, 0.15) is 21.9 Å². The third-order valence-corrected chi connectivity index (χ3v) is 4.64. The van der Waals surface area contributed by atoms with Crippen molar-refractivity contribution in [2.45, 2.75) is 13.8 Å². The number of carbonyl (C=O) groups excluding carboxylic acids is 1. The molecular formula is C20H15ClFN5O. The molecule has 28 heavy (non-hydrogen) atoms. The van der Waals surface area contributed by atoms with Crippen molar-refractivity contribution >= 4 is 28.8 Å². The van der Waals surface area contributed by atoms with E-state index in [1.807, 2.05) is 6.92 Å². The molecule has 0 radical (unpaired) electrons. The maximum Gasteiger partial charge on any atom is 0.278 e. The first kappa shape index (κ1) is 18.1. The van der Waals surface area contributed by atoms with Gasteiger partial charge in [0, 0.05) is 10.7 Å². The zero-order valence-electron chi connectivity index (χ0n) is 15.1. The van der Waals surface area contributed by atoms with E-state index in [-0.39, 0.29) is 11.5 Å².